The van der Waals surface area contributed by atoms with Crippen molar-refractivity contribution in [2.45, 2.75) is 6.10 Å². The highest BCUT2D eigenvalue weighted by Crippen LogP contribution is 2.34. The van der Waals surface area contributed by atoms with E-state index in [0.29, 0.717) is 12.3 Å². The lowest BCUT2D eigenvalue weighted by molar-refractivity contribution is 0.109. The van der Waals surface area contributed by atoms with Gasteiger partial charge in [-0.2, -0.15) is 0 Å². The van der Waals surface area contributed by atoms with Crippen LogP contribution < -0.4 is 19.1 Å². The van der Waals surface area contributed by atoms with Crippen molar-refractivity contribution in [2.75, 3.05) is 51.5 Å². The number of rotatable bonds is 5. The lowest BCUT2D eigenvalue weighted by Crippen LogP contribution is -2.47. The van der Waals surface area contributed by atoms with Crippen molar-refractivity contribution in [3.05, 3.63) is 48.0 Å². The largest absolute Gasteiger partial charge is 0.495 e. The van der Waals surface area contributed by atoms with Gasteiger partial charge in [-0.1, -0.05) is 18.2 Å². The lowest BCUT2D eigenvalue weighted by Gasteiger charge is -2.37. The zero-order valence-electron chi connectivity index (χ0n) is 14.9. The van der Waals surface area contributed by atoms with Gasteiger partial charge in [-0.3, -0.25) is 4.90 Å². The number of hydrogen-bond acceptors (Lipinski definition) is 6. The topological polar surface area (TPSA) is 54.4 Å². The van der Waals surface area contributed by atoms with Crippen molar-refractivity contribution in [1.82, 2.24) is 4.90 Å². The molecule has 2 aliphatic heterocycles. The fraction of sp³-hybridized carbons (Fsp3) is 0.400. The van der Waals surface area contributed by atoms with Crippen LogP contribution in [0.2, 0.25) is 0 Å². The van der Waals surface area contributed by atoms with Crippen LogP contribution in [0.3, 0.4) is 0 Å². The fourth-order valence-electron chi connectivity index (χ4n) is 3.53. The minimum absolute atomic E-state index is 0.250. The van der Waals surface area contributed by atoms with Gasteiger partial charge in [0, 0.05) is 32.7 Å². The molecule has 2 heterocycles. The monoisotopic (exact) mass is 356 g/mol. The second-order valence-corrected chi connectivity index (χ2v) is 6.59. The molecule has 138 valence electrons. The highest BCUT2D eigenvalue weighted by atomic mass is 16.7. The summed E-state index contributed by atoms with van der Waals surface area (Å²) in [7, 11) is 1.71. The summed E-state index contributed by atoms with van der Waals surface area (Å²) >= 11 is 0. The molecule has 1 N–H and O–H groups in total. The molecule has 1 unspecified atom stereocenters. The summed E-state index contributed by atoms with van der Waals surface area (Å²) in [6, 6.07) is 13.7. The number of piperazine rings is 1. The molecule has 2 aliphatic rings. The van der Waals surface area contributed by atoms with Crippen molar-refractivity contribution in [3.63, 3.8) is 0 Å². The summed E-state index contributed by atoms with van der Waals surface area (Å²) in [5.41, 5.74) is 1.99. The predicted octanol–water partition coefficient (Wildman–Crippen LogP) is 2.28. The standard InChI is InChI=1S/C20H24N2O4/c1-24-18-5-3-2-4-16(18)22-10-8-21(9-11-22)13-17(23)15-6-7-19-20(12-15)26-14-25-19/h2-7,12,17,23H,8-11,13-14H2,1H3. The van der Waals surface area contributed by atoms with E-state index in [-0.39, 0.29) is 6.79 Å². The van der Waals surface area contributed by atoms with Gasteiger partial charge in [-0.05, 0) is 29.8 Å². The Bertz CT molecular complexity index is 759. The van der Waals surface area contributed by atoms with Gasteiger partial charge in [0.25, 0.3) is 0 Å². The molecule has 0 saturated carbocycles. The van der Waals surface area contributed by atoms with Crippen LogP contribution in [0.15, 0.2) is 42.5 Å². The first kappa shape index (κ1) is 17.0. The molecule has 0 aromatic heterocycles. The molecular weight excluding hydrogens is 332 g/mol. The molecule has 1 fully saturated rings. The Balaban J connectivity index is 1.35. The second-order valence-electron chi connectivity index (χ2n) is 6.59. The quantitative estimate of drug-likeness (QED) is 0.887. The Labute approximate surface area is 153 Å². The van der Waals surface area contributed by atoms with Gasteiger partial charge in [-0.25, -0.2) is 0 Å². The highest BCUT2D eigenvalue weighted by molar-refractivity contribution is 5.58. The summed E-state index contributed by atoms with van der Waals surface area (Å²) in [5, 5.41) is 10.6. The number of ether oxygens (including phenoxy) is 3. The van der Waals surface area contributed by atoms with Crippen LogP contribution in [-0.2, 0) is 0 Å². The number of nitrogens with zero attached hydrogens (tertiary/aromatic N) is 2. The average Bonchev–Trinajstić information content (AvgIpc) is 3.16. The first-order valence-electron chi connectivity index (χ1n) is 8.92. The van der Waals surface area contributed by atoms with E-state index in [1.807, 2.05) is 36.4 Å². The number of β-amino-alcohol motifs (C(OH)–C–C–N with tert-alkyl or cyclic N) is 1. The van der Waals surface area contributed by atoms with Crippen molar-refractivity contribution < 1.29 is 19.3 Å². The molecule has 1 saturated heterocycles. The number of anilines is 1. The van der Waals surface area contributed by atoms with Crippen LogP contribution in [0, 0.1) is 0 Å². The van der Waals surface area contributed by atoms with Gasteiger partial charge in [0.2, 0.25) is 6.79 Å². The Kier molecular flexibility index (Phi) is 4.86. The minimum Gasteiger partial charge on any atom is -0.495 e. The number of aliphatic hydroxyl groups is 1. The molecule has 26 heavy (non-hydrogen) atoms. The third-order valence-electron chi connectivity index (χ3n) is 5.01. The zero-order valence-corrected chi connectivity index (χ0v) is 14.9. The first-order valence-corrected chi connectivity index (χ1v) is 8.92. The summed E-state index contributed by atoms with van der Waals surface area (Å²) in [6.45, 7) is 4.49. The van der Waals surface area contributed by atoms with Crippen molar-refractivity contribution in [3.8, 4) is 17.2 Å². The zero-order chi connectivity index (χ0) is 17.9. The molecule has 6 nitrogen and oxygen atoms in total. The molecule has 2 aromatic rings. The highest BCUT2D eigenvalue weighted by Gasteiger charge is 2.23. The summed E-state index contributed by atoms with van der Waals surface area (Å²) in [5.74, 6) is 2.36. The van der Waals surface area contributed by atoms with Crippen LogP contribution in [0.5, 0.6) is 17.2 Å². The van der Waals surface area contributed by atoms with Gasteiger partial charge < -0.3 is 24.2 Å². The Morgan fingerprint density at radius 1 is 1.04 bits per heavy atom. The molecule has 0 spiro atoms. The predicted molar refractivity (Wildman–Crippen MR) is 99.2 cm³/mol. The van der Waals surface area contributed by atoms with Gasteiger partial charge in [0.05, 0.1) is 18.9 Å². The van der Waals surface area contributed by atoms with E-state index in [4.69, 9.17) is 14.2 Å². The number of benzene rings is 2. The summed E-state index contributed by atoms with van der Waals surface area (Å²) in [6.07, 6.45) is -0.540. The van der Waals surface area contributed by atoms with Crippen LogP contribution in [0.4, 0.5) is 5.69 Å². The molecular formula is C20H24N2O4. The third-order valence-corrected chi connectivity index (χ3v) is 5.01. The SMILES string of the molecule is COc1ccccc1N1CCN(CC(O)c2ccc3c(c2)OCO3)CC1. The molecule has 0 amide bonds. The van der Waals surface area contributed by atoms with E-state index in [0.717, 1.165) is 48.9 Å². The number of para-hydroxylation sites is 2. The van der Waals surface area contributed by atoms with Gasteiger partial charge in [-0.15, -0.1) is 0 Å². The van der Waals surface area contributed by atoms with E-state index in [1.54, 1.807) is 7.11 Å². The summed E-state index contributed by atoms with van der Waals surface area (Å²) in [4.78, 5) is 4.63. The van der Waals surface area contributed by atoms with Crippen LogP contribution >= 0.6 is 0 Å². The van der Waals surface area contributed by atoms with Crippen LogP contribution in [0.25, 0.3) is 0 Å². The number of aliphatic hydroxyl groups excluding tert-OH is 1. The maximum absolute atomic E-state index is 10.6. The molecule has 1 atom stereocenters. The molecule has 0 aliphatic carbocycles. The van der Waals surface area contributed by atoms with E-state index in [9.17, 15) is 5.11 Å². The smallest absolute Gasteiger partial charge is 0.231 e. The fourth-order valence-corrected chi connectivity index (χ4v) is 3.53. The van der Waals surface area contributed by atoms with Crippen molar-refractivity contribution >= 4 is 5.69 Å². The first-order chi connectivity index (χ1) is 12.7. The number of fused-ring (bicyclic) bond motifs is 1. The van der Waals surface area contributed by atoms with Gasteiger partial charge in [0.1, 0.15) is 5.75 Å². The van der Waals surface area contributed by atoms with Gasteiger partial charge in [0.15, 0.2) is 11.5 Å². The van der Waals surface area contributed by atoms with E-state index < -0.39 is 6.10 Å². The molecule has 2 aromatic carbocycles. The van der Waals surface area contributed by atoms with Crippen molar-refractivity contribution in [1.29, 1.82) is 0 Å². The Morgan fingerprint density at radius 3 is 2.62 bits per heavy atom. The Hall–Kier alpha value is -2.44. The van der Waals surface area contributed by atoms with E-state index in [1.165, 1.54) is 0 Å². The van der Waals surface area contributed by atoms with Gasteiger partial charge >= 0.3 is 0 Å². The molecule has 0 bridgehead atoms. The maximum atomic E-state index is 10.6. The van der Waals surface area contributed by atoms with E-state index >= 15 is 0 Å². The number of hydrogen-bond donors (Lipinski definition) is 1. The molecule has 0 radical (unpaired) electrons. The lowest BCUT2D eigenvalue weighted by atomic mass is 10.1. The van der Waals surface area contributed by atoms with Crippen LogP contribution in [-0.4, -0.2) is 56.6 Å². The third kappa shape index (κ3) is 3.43. The summed E-state index contributed by atoms with van der Waals surface area (Å²) < 4.78 is 16.2. The average molecular weight is 356 g/mol. The van der Waals surface area contributed by atoms with Crippen molar-refractivity contribution in [2.24, 2.45) is 0 Å². The molecule has 6 heteroatoms. The minimum atomic E-state index is -0.540. The van der Waals surface area contributed by atoms with Crippen LogP contribution in [0.1, 0.15) is 11.7 Å². The Morgan fingerprint density at radius 2 is 1.81 bits per heavy atom. The molecule has 4 rings (SSSR count). The maximum Gasteiger partial charge on any atom is 0.231 e. The van der Waals surface area contributed by atoms with E-state index in [2.05, 4.69) is 15.9 Å². The second kappa shape index (κ2) is 7.43. The number of methoxy groups -OCH3 is 1. The normalized spacial score (nSPS) is 18.0.